The summed E-state index contributed by atoms with van der Waals surface area (Å²) in [7, 11) is 0. The van der Waals surface area contributed by atoms with Crippen molar-refractivity contribution in [1.29, 1.82) is 0 Å². The number of nitrogens with one attached hydrogen (secondary N) is 1. The van der Waals surface area contributed by atoms with Crippen LogP contribution in [0.2, 0.25) is 0 Å². The van der Waals surface area contributed by atoms with Gasteiger partial charge in [-0.3, -0.25) is 9.69 Å². The van der Waals surface area contributed by atoms with Gasteiger partial charge in [0, 0.05) is 15.7 Å². The molecule has 0 aromatic heterocycles. The van der Waals surface area contributed by atoms with E-state index in [9.17, 15) is 9.18 Å². The van der Waals surface area contributed by atoms with E-state index in [0.717, 1.165) is 14.5 Å². The van der Waals surface area contributed by atoms with E-state index in [2.05, 4.69) is 37.2 Å². The number of nitrogens with zero attached hydrogens (tertiary/aromatic N) is 1. The van der Waals surface area contributed by atoms with Crippen LogP contribution in [0, 0.1) is 11.7 Å². The molecule has 1 saturated heterocycles. The van der Waals surface area contributed by atoms with E-state index in [4.69, 9.17) is 21.7 Å². The number of halogens is 3. The molecule has 1 N–H and O–H groups in total. The van der Waals surface area contributed by atoms with Crippen molar-refractivity contribution in [1.82, 2.24) is 5.32 Å². The fourth-order valence-electron chi connectivity index (χ4n) is 3.97. The monoisotopic (exact) mass is 542 g/mol. The van der Waals surface area contributed by atoms with E-state index in [1.807, 2.05) is 12.1 Å². The van der Waals surface area contributed by atoms with Gasteiger partial charge in [-0.25, -0.2) is 4.39 Å². The second-order valence-electron chi connectivity index (χ2n) is 6.93. The van der Waals surface area contributed by atoms with Crippen LogP contribution in [-0.4, -0.2) is 23.4 Å². The smallest absolute Gasteiger partial charge is 0.317 e. The molecule has 152 valence electrons. The molecule has 2 heterocycles. The van der Waals surface area contributed by atoms with E-state index >= 15 is 0 Å². The molecule has 3 atom stereocenters. The van der Waals surface area contributed by atoms with Crippen molar-refractivity contribution in [2.75, 3.05) is 11.5 Å². The van der Waals surface area contributed by atoms with Crippen molar-refractivity contribution in [2.24, 2.45) is 5.92 Å². The van der Waals surface area contributed by atoms with Crippen LogP contribution in [0.3, 0.4) is 0 Å². The van der Waals surface area contributed by atoms with E-state index in [1.54, 1.807) is 30.9 Å². The van der Waals surface area contributed by atoms with Crippen molar-refractivity contribution >= 4 is 60.8 Å². The van der Waals surface area contributed by atoms with Gasteiger partial charge in [0.25, 0.3) is 0 Å². The number of carbonyl (C=O) groups excluding carboxylic acids is 1. The quantitative estimate of drug-likeness (QED) is 0.430. The first-order valence-electron chi connectivity index (χ1n) is 8.97. The third-order valence-electron chi connectivity index (χ3n) is 5.14. The molecule has 1 fully saturated rings. The molecule has 9 heteroatoms. The van der Waals surface area contributed by atoms with Crippen molar-refractivity contribution in [3.8, 4) is 5.75 Å². The Bertz CT molecular complexity index is 1000. The van der Waals surface area contributed by atoms with Crippen molar-refractivity contribution in [3.63, 3.8) is 0 Å². The standard InChI is InChI=1S/C20H17Br2FN2O3S/c1-3-27-18(26)15-16-13-8-10(21)9-14(22)17(13)28-20(15,2)25(19(29)24-16)12-6-4-11(23)5-7-12/h4-9,15-16H,3H2,1-2H3,(H,24,29)/t15-,16-,20-/m0/s1. The third kappa shape index (κ3) is 3.33. The Hall–Kier alpha value is -1.71. The zero-order valence-corrected chi connectivity index (χ0v) is 19.5. The first kappa shape index (κ1) is 20.6. The van der Waals surface area contributed by atoms with Crippen LogP contribution in [0.15, 0.2) is 45.3 Å². The van der Waals surface area contributed by atoms with Gasteiger partial charge in [-0.05, 0) is 78.4 Å². The lowest BCUT2D eigenvalue weighted by Gasteiger charge is -2.55. The highest BCUT2D eigenvalue weighted by atomic mass is 79.9. The predicted octanol–water partition coefficient (Wildman–Crippen LogP) is 5.07. The molecule has 29 heavy (non-hydrogen) atoms. The zero-order valence-electron chi connectivity index (χ0n) is 15.5. The molecule has 2 aliphatic rings. The van der Waals surface area contributed by atoms with Crippen molar-refractivity contribution in [3.05, 3.63) is 56.7 Å². The Kier molecular flexibility index (Phi) is 5.33. The molecule has 2 bridgehead atoms. The number of fused-ring (bicyclic) bond motifs is 4. The molecule has 2 aromatic rings. The van der Waals surface area contributed by atoms with E-state index in [0.29, 0.717) is 16.5 Å². The summed E-state index contributed by atoms with van der Waals surface area (Å²) in [5.74, 6) is -0.864. The van der Waals surface area contributed by atoms with Gasteiger partial charge >= 0.3 is 5.97 Å². The Morgan fingerprint density at radius 1 is 1.34 bits per heavy atom. The summed E-state index contributed by atoms with van der Waals surface area (Å²) in [4.78, 5) is 14.7. The minimum Gasteiger partial charge on any atom is -0.466 e. The number of anilines is 1. The largest absolute Gasteiger partial charge is 0.466 e. The Morgan fingerprint density at radius 2 is 2.03 bits per heavy atom. The molecule has 0 radical (unpaired) electrons. The molecule has 5 nitrogen and oxygen atoms in total. The first-order valence-corrected chi connectivity index (χ1v) is 11.0. The van der Waals surface area contributed by atoms with Crippen molar-refractivity contribution < 1.29 is 18.7 Å². The fraction of sp³-hybridized carbons (Fsp3) is 0.300. The second kappa shape index (κ2) is 7.52. The van der Waals surface area contributed by atoms with Crippen LogP contribution >= 0.6 is 44.1 Å². The van der Waals surface area contributed by atoms with Crippen LogP contribution in [0.4, 0.5) is 10.1 Å². The lowest BCUT2D eigenvalue weighted by molar-refractivity contribution is -0.159. The number of esters is 1. The first-order chi connectivity index (χ1) is 13.8. The minimum atomic E-state index is -1.18. The number of ether oxygens (including phenoxy) is 2. The van der Waals surface area contributed by atoms with Gasteiger partial charge in [-0.1, -0.05) is 15.9 Å². The number of hydrogen-bond acceptors (Lipinski definition) is 4. The molecule has 4 rings (SSSR count). The van der Waals surface area contributed by atoms with Gasteiger partial charge in [-0.15, -0.1) is 0 Å². The molecule has 0 aliphatic carbocycles. The van der Waals surface area contributed by atoms with Gasteiger partial charge in [0.05, 0.1) is 17.1 Å². The predicted molar refractivity (Wildman–Crippen MR) is 118 cm³/mol. The average Bonchev–Trinajstić information content (AvgIpc) is 2.64. The highest BCUT2D eigenvalue weighted by molar-refractivity contribution is 9.11. The molecule has 0 saturated carbocycles. The van der Waals surface area contributed by atoms with Crippen LogP contribution in [-0.2, 0) is 9.53 Å². The summed E-state index contributed by atoms with van der Waals surface area (Å²) >= 11 is 12.7. The molecule has 2 aliphatic heterocycles. The third-order valence-corrected chi connectivity index (χ3v) is 6.49. The highest BCUT2D eigenvalue weighted by Gasteiger charge is 2.60. The number of hydrogen-bond donors (Lipinski definition) is 1. The van der Waals surface area contributed by atoms with E-state index < -0.39 is 23.7 Å². The molecular weight excluding hydrogens is 527 g/mol. The number of carbonyl (C=O) groups is 1. The topological polar surface area (TPSA) is 50.8 Å². The molecule has 0 spiro atoms. The normalized spacial score (nSPS) is 25.0. The van der Waals surface area contributed by atoms with Gasteiger partial charge < -0.3 is 14.8 Å². The van der Waals surface area contributed by atoms with Gasteiger partial charge in [0.1, 0.15) is 17.5 Å². The zero-order chi connectivity index (χ0) is 20.9. The Balaban J connectivity index is 1.92. The summed E-state index contributed by atoms with van der Waals surface area (Å²) in [6.07, 6.45) is 0. The number of benzene rings is 2. The maximum absolute atomic E-state index is 13.5. The Morgan fingerprint density at radius 3 is 2.69 bits per heavy atom. The summed E-state index contributed by atoms with van der Waals surface area (Å²) in [5.41, 5.74) is 0.221. The summed E-state index contributed by atoms with van der Waals surface area (Å²) < 4.78 is 26.9. The highest BCUT2D eigenvalue weighted by Crippen LogP contribution is 2.52. The summed E-state index contributed by atoms with van der Waals surface area (Å²) in [5, 5.41) is 3.66. The van der Waals surface area contributed by atoms with E-state index in [-0.39, 0.29) is 12.4 Å². The lowest BCUT2D eigenvalue weighted by Crippen LogP contribution is -2.71. The second-order valence-corrected chi connectivity index (χ2v) is 9.09. The summed E-state index contributed by atoms with van der Waals surface area (Å²) in [6, 6.07) is 9.23. The molecule has 0 unspecified atom stereocenters. The Labute approximate surface area is 189 Å². The molecule has 2 aromatic carbocycles. The maximum atomic E-state index is 13.5. The number of rotatable bonds is 3. The van der Waals surface area contributed by atoms with Crippen molar-refractivity contribution in [2.45, 2.75) is 25.6 Å². The number of thiocarbonyl (C=S) groups is 1. The van der Waals surface area contributed by atoms with E-state index in [1.165, 1.54) is 12.1 Å². The van der Waals surface area contributed by atoms with Gasteiger partial charge in [0.15, 0.2) is 5.11 Å². The van der Waals surface area contributed by atoms with Gasteiger partial charge in [0.2, 0.25) is 5.72 Å². The van der Waals surface area contributed by atoms with Crippen LogP contribution in [0.25, 0.3) is 0 Å². The van der Waals surface area contributed by atoms with Crippen LogP contribution in [0.1, 0.15) is 25.5 Å². The average molecular weight is 544 g/mol. The lowest BCUT2D eigenvalue weighted by atomic mass is 9.79. The minimum absolute atomic E-state index is 0.244. The van der Waals surface area contributed by atoms with Crippen LogP contribution in [0.5, 0.6) is 5.75 Å². The fourth-order valence-corrected chi connectivity index (χ4v) is 5.73. The van der Waals surface area contributed by atoms with Crippen LogP contribution < -0.4 is 15.0 Å². The maximum Gasteiger partial charge on any atom is 0.317 e. The summed E-state index contributed by atoms with van der Waals surface area (Å²) in [6.45, 7) is 3.81. The molecule has 0 amide bonds. The SMILES string of the molecule is CCOC(=O)[C@@H]1[C@H]2NC(=S)N(c3ccc(F)cc3)[C@@]1(C)Oc1c(Br)cc(Br)cc12. The molecular formula is C20H17Br2FN2O3S. The van der Waals surface area contributed by atoms with Gasteiger partial charge in [-0.2, -0.15) is 0 Å².